The first-order valence-corrected chi connectivity index (χ1v) is 7.05. The van der Waals surface area contributed by atoms with Gasteiger partial charge in [-0.2, -0.15) is 0 Å². The highest BCUT2D eigenvalue weighted by molar-refractivity contribution is 6.13. The average molecular weight is 327 g/mol. The largest absolute Gasteiger partial charge is 0.456 e. The Morgan fingerprint density at radius 1 is 1.12 bits per heavy atom. The molecule has 3 rings (SSSR count). The number of nitrogens with zero attached hydrogens (tertiary/aromatic N) is 1. The maximum atomic E-state index is 11.5. The molecule has 8 heteroatoms. The average Bonchev–Trinajstić information content (AvgIpc) is 3.08. The summed E-state index contributed by atoms with van der Waals surface area (Å²) in [5.74, 6) is 0.0429. The van der Waals surface area contributed by atoms with Gasteiger partial charge in [-0.25, -0.2) is 4.79 Å². The van der Waals surface area contributed by atoms with E-state index in [1.807, 2.05) is 6.92 Å². The van der Waals surface area contributed by atoms with Crippen molar-refractivity contribution in [1.82, 2.24) is 10.6 Å². The molecule has 0 saturated carbocycles. The van der Waals surface area contributed by atoms with Crippen molar-refractivity contribution in [3.05, 3.63) is 57.0 Å². The fourth-order valence-corrected chi connectivity index (χ4v) is 2.35. The molecule has 0 bridgehead atoms. The van der Waals surface area contributed by atoms with Crippen LogP contribution in [0.5, 0.6) is 0 Å². The maximum Gasteiger partial charge on any atom is 0.326 e. The van der Waals surface area contributed by atoms with Gasteiger partial charge in [-0.3, -0.25) is 20.2 Å². The number of imide groups is 1. The van der Waals surface area contributed by atoms with E-state index in [2.05, 4.69) is 10.6 Å². The molecule has 8 nitrogen and oxygen atoms in total. The van der Waals surface area contributed by atoms with Crippen LogP contribution in [0.3, 0.4) is 0 Å². The zero-order valence-corrected chi connectivity index (χ0v) is 12.9. The van der Waals surface area contributed by atoms with Gasteiger partial charge in [0.1, 0.15) is 17.2 Å². The fraction of sp³-hybridized carbons (Fsp3) is 0.125. The molecule has 2 heterocycles. The van der Waals surface area contributed by atoms with Crippen LogP contribution in [0, 0.1) is 24.0 Å². The monoisotopic (exact) mass is 327 g/mol. The Morgan fingerprint density at radius 2 is 1.83 bits per heavy atom. The lowest BCUT2D eigenvalue weighted by molar-refractivity contribution is -0.384. The first kappa shape index (κ1) is 15.5. The van der Waals surface area contributed by atoms with Crippen molar-refractivity contribution in [3.63, 3.8) is 0 Å². The standard InChI is InChI=1S/C16H13N3O5/c1-8-5-11(13(19(22)23)6-9(8)2)14-4-3-10(24-14)7-12-15(20)18-16(21)17-12/h3-7H,1-2H3,(H2,17,18,20,21). The lowest BCUT2D eigenvalue weighted by Gasteiger charge is -2.04. The highest BCUT2D eigenvalue weighted by atomic mass is 16.6. The molecule has 1 aliphatic rings. The molecular formula is C16H13N3O5. The predicted octanol–water partition coefficient (Wildman–Crippen LogP) is 2.65. The summed E-state index contributed by atoms with van der Waals surface area (Å²) in [5.41, 5.74) is 2.06. The van der Waals surface area contributed by atoms with Crippen LogP contribution >= 0.6 is 0 Å². The Bertz CT molecular complexity index is 910. The molecule has 1 fully saturated rings. The van der Waals surface area contributed by atoms with E-state index in [-0.39, 0.29) is 11.4 Å². The van der Waals surface area contributed by atoms with Crippen molar-refractivity contribution < 1.29 is 18.9 Å². The third-order valence-electron chi connectivity index (χ3n) is 3.71. The Morgan fingerprint density at radius 3 is 2.46 bits per heavy atom. The molecule has 0 radical (unpaired) electrons. The summed E-state index contributed by atoms with van der Waals surface area (Å²) in [6.07, 6.45) is 1.36. The Kier molecular flexibility index (Phi) is 3.64. The number of carbonyl (C=O) groups is 2. The number of rotatable bonds is 3. The van der Waals surface area contributed by atoms with Gasteiger partial charge in [0.15, 0.2) is 0 Å². The third-order valence-corrected chi connectivity index (χ3v) is 3.71. The number of nitrogens with one attached hydrogen (secondary N) is 2. The molecule has 0 aliphatic carbocycles. The minimum Gasteiger partial charge on any atom is -0.456 e. The van der Waals surface area contributed by atoms with Gasteiger partial charge in [-0.1, -0.05) is 0 Å². The van der Waals surface area contributed by atoms with Crippen molar-refractivity contribution in [2.75, 3.05) is 0 Å². The molecule has 1 aliphatic heterocycles. The van der Waals surface area contributed by atoms with Gasteiger partial charge in [0.05, 0.1) is 10.5 Å². The smallest absolute Gasteiger partial charge is 0.326 e. The van der Waals surface area contributed by atoms with E-state index in [4.69, 9.17) is 4.42 Å². The number of aryl methyl sites for hydroxylation is 2. The Hall–Kier alpha value is -3.42. The minimum absolute atomic E-state index is 0.0514. The highest BCUT2D eigenvalue weighted by Gasteiger charge is 2.24. The number of hydrogen-bond acceptors (Lipinski definition) is 5. The topological polar surface area (TPSA) is 114 Å². The number of hydrogen-bond donors (Lipinski definition) is 2. The van der Waals surface area contributed by atoms with Crippen molar-refractivity contribution in [2.24, 2.45) is 0 Å². The van der Waals surface area contributed by atoms with Crippen LogP contribution in [-0.2, 0) is 4.79 Å². The van der Waals surface area contributed by atoms with E-state index in [9.17, 15) is 19.7 Å². The molecule has 1 aromatic carbocycles. The van der Waals surface area contributed by atoms with Crippen molar-refractivity contribution >= 4 is 23.7 Å². The van der Waals surface area contributed by atoms with E-state index in [1.165, 1.54) is 12.1 Å². The molecule has 0 atom stereocenters. The molecule has 1 aromatic heterocycles. The van der Waals surface area contributed by atoms with Crippen LogP contribution in [0.4, 0.5) is 10.5 Å². The molecular weight excluding hydrogens is 314 g/mol. The molecule has 0 spiro atoms. The van der Waals surface area contributed by atoms with Gasteiger partial charge < -0.3 is 9.73 Å². The van der Waals surface area contributed by atoms with Crippen LogP contribution in [0.1, 0.15) is 16.9 Å². The normalized spacial score (nSPS) is 15.5. The number of nitro benzene ring substituents is 1. The predicted molar refractivity (Wildman–Crippen MR) is 84.9 cm³/mol. The summed E-state index contributed by atoms with van der Waals surface area (Å²) in [6.45, 7) is 3.65. The van der Waals surface area contributed by atoms with Gasteiger partial charge in [-0.15, -0.1) is 0 Å². The molecule has 2 N–H and O–H groups in total. The van der Waals surface area contributed by atoms with Crippen molar-refractivity contribution in [2.45, 2.75) is 13.8 Å². The van der Waals surface area contributed by atoms with E-state index < -0.39 is 16.9 Å². The maximum absolute atomic E-state index is 11.5. The fourth-order valence-electron chi connectivity index (χ4n) is 2.35. The van der Waals surface area contributed by atoms with Crippen LogP contribution in [-0.4, -0.2) is 16.9 Å². The molecule has 1 saturated heterocycles. The summed E-state index contributed by atoms with van der Waals surface area (Å²) < 4.78 is 5.59. The zero-order chi connectivity index (χ0) is 17.4. The number of nitro groups is 1. The summed E-state index contributed by atoms with van der Waals surface area (Å²) >= 11 is 0. The van der Waals surface area contributed by atoms with Gasteiger partial charge in [0.25, 0.3) is 11.6 Å². The lowest BCUT2D eigenvalue weighted by Crippen LogP contribution is -2.22. The lowest BCUT2D eigenvalue weighted by atomic mass is 10.0. The first-order chi connectivity index (χ1) is 11.3. The summed E-state index contributed by atoms with van der Waals surface area (Å²) in [6, 6.07) is 5.73. The number of amides is 3. The second-order valence-electron chi connectivity index (χ2n) is 5.38. The molecule has 3 amide bonds. The highest BCUT2D eigenvalue weighted by Crippen LogP contribution is 2.34. The number of benzene rings is 1. The van der Waals surface area contributed by atoms with Crippen LogP contribution < -0.4 is 10.6 Å². The van der Waals surface area contributed by atoms with Crippen LogP contribution in [0.25, 0.3) is 17.4 Å². The van der Waals surface area contributed by atoms with Gasteiger partial charge in [-0.05, 0) is 43.2 Å². The van der Waals surface area contributed by atoms with Crippen molar-refractivity contribution in [1.29, 1.82) is 0 Å². The van der Waals surface area contributed by atoms with Gasteiger partial charge in [0, 0.05) is 12.1 Å². The number of furan rings is 1. The van der Waals surface area contributed by atoms with E-state index in [0.717, 1.165) is 11.1 Å². The second-order valence-corrected chi connectivity index (χ2v) is 5.38. The summed E-state index contributed by atoms with van der Waals surface area (Å²) in [7, 11) is 0. The van der Waals surface area contributed by atoms with Gasteiger partial charge in [0.2, 0.25) is 0 Å². The molecule has 0 unspecified atom stereocenters. The van der Waals surface area contributed by atoms with Crippen LogP contribution in [0.15, 0.2) is 34.4 Å². The van der Waals surface area contributed by atoms with E-state index in [0.29, 0.717) is 17.1 Å². The molecule has 122 valence electrons. The minimum atomic E-state index is -0.608. The third kappa shape index (κ3) is 2.76. The molecule has 24 heavy (non-hydrogen) atoms. The zero-order valence-electron chi connectivity index (χ0n) is 12.9. The Labute approximate surface area is 136 Å². The van der Waals surface area contributed by atoms with Crippen molar-refractivity contribution in [3.8, 4) is 11.3 Å². The molecule has 2 aromatic rings. The SMILES string of the molecule is Cc1cc(-c2ccc(C=C3NC(=O)NC3=O)o2)c([N+](=O)[O-])cc1C. The summed E-state index contributed by atoms with van der Waals surface area (Å²) in [4.78, 5) is 33.4. The second kappa shape index (κ2) is 5.65. The Balaban J connectivity index is 2.01. The number of carbonyl (C=O) groups excluding carboxylic acids is 2. The first-order valence-electron chi connectivity index (χ1n) is 7.05. The van der Waals surface area contributed by atoms with E-state index >= 15 is 0 Å². The number of urea groups is 1. The van der Waals surface area contributed by atoms with Crippen LogP contribution in [0.2, 0.25) is 0 Å². The quantitative estimate of drug-likeness (QED) is 0.389. The van der Waals surface area contributed by atoms with E-state index in [1.54, 1.807) is 25.1 Å². The van der Waals surface area contributed by atoms with Gasteiger partial charge >= 0.3 is 6.03 Å². The summed E-state index contributed by atoms with van der Waals surface area (Å²) in [5, 5.41) is 15.7.